The number of benzene rings is 2. The number of halogens is 1. The van der Waals surface area contributed by atoms with E-state index in [9.17, 15) is 9.18 Å². The Bertz CT molecular complexity index is 1010. The standard InChI is InChI=1S/C28H36FN3O2/c1-21-17-24(32-16-12-28(20-32)11-15-31(19-28)14-2-13-29)7-10-26(21)30-27(33)23-5-8-25(9-6-23)34-18-22-3-4-22/h5-10,17,22H,2-4,11-16,18-20H2,1H3,(H,30,33). The number of hydrogen-bond donors (Lipinski definition) is 1. The van der Waals surface area contributed by atoms with Crippen LogP contribution in [0.15, 0.2) is 42.5 Å². The number of nitrogens with one attached hydrogen (secondary N) is 1. The van der Waals surface area contributed by atoms with Crippen molar-refractivity contribution >= 4 is 17.3 Å². The molecule has 0 aromatic heterocycles. The fourth-order valence-electron chi connectivity index (χ4n) is 5.37. The minimum atomic E-state index is -0.224. The first-order chi connectivity index (χ1) is 16.5. The number of rotatable bonds is 9. The van der Waals surface area contributed by atoms with Crippen molar-refractivity contribution in [2.24, 2.45) is 11.3 Å². The van der Waals surface area contributed by atoms with Crippen molar-refractivity contribution in [3.8, 4) is 5.75 Å². The summed E-state index contributed by atoms with van der Waals surface area (Å²) in [6.45, 7) is 7.75. The zero-order chi connectivity index (χ0) is 23.5. The molecule has 1 amide bonds. The van der Waals surface area contributed by atoms with E-state index in [0.29, 0.717) is 23.3 Å². The van der Waals surface area contributed by atoms with Crippen LogP contribution in [0.3, 0.4) is 0 Å². The molecule has 1 N–H and O–H groups in total. The van der Waals surface area contributed by atoms with Crippen molar-refractivity contribution < 1.29 is 13.9 Å². The molecule has 2 saturated heterocycles. The van der Waals surface area contributed by atoms with E-state index in [1.165, 1.54) is 31.4 Å². The van der Waals surface area contributed by atoms with Gasteiger partial charge in [0.2, 0.25) is 0 Å². The first-order valence-electron chi connectivity index (χ1n) is 12.7. The van der Waals surface area contributed by atoms with Crippen molar-refractivity contribution in [2.75, 3.05) is 56.2 Å². The Morgan fingerprint density at radius 2 is 1.91 bits per heavy atom. The Balaban J connectivity index is 1.17. The summed E-state index contributed by atoms with van der Waals surface area (Å²) in [6.07, 6.45) is 5.56. The number of alkyl halides is 1. The third-order valence-electron chi connectivity index (χ3n) is 7.69. The van der Waals surface area contributed by atoms with Gasteiger partial charge in [-0.1, -0.05) is 0 Å². The average Bonchev–Trinajstić information content (AvgIpc) is 3.47. The topological polar surface area (TPSA) is 44.8 Å². The molecule has 1 spiro atoms. The zero-order valence-corrected chi connectivity index (χ0v) is 20.2. The molecule has 5 nitrogen and oxygen atoms in total. The van der Waals surface area contributed by atoms with Crippen LogP contribution in [0.4, 0.5) is 15.8 Å². The third-order valence-corrected chi connectivity index (χ3v) is 7.69. The van der Waals surface area contributed by atoms with E-state index < -0.39 is 0 Å². The molecule has 3 aliphatic rings. The van der Waals surface area contributed by atoms with Crippen LogP contribution < -0.4 is 15.0 Å². The SMILES string of the molecule is Cc1cc(N2CCC3(CCN(CCCF)C3)C2)ccc1NC(=O)c1ccc(OCC2CC2)cc1. The van der Waals surface area contributed by atoms with Crippen LogP contribution in [0.5, 0.6) is 5.75 Å². The lowest BCUT2D eigenvalue weighted by Gasteiger charge is -2.26. The Labute approximate surface area is 202 Å². The van der Waals surface area contributed by atoms with Gasteiger partial charge in [0.15, 0.2) is 0 Å². The Hall–Kier alpha value is -2.60. The molecule has 0 bridgehead atoms. The predicted molar refractivity (Wildman–Crippen MR) is 135 cm³/mol. The summed E-state index contributed by atoms with van der Waals surface area (Å²) >= 11 is 0. The maximum atomic E-state index is 12.8. The second kappa shape index (κ2) is 9.95. The number of carbonyl (C=O) groups excluding carboxylic acids is 1. The molecule has 2 heterocycles. The van der Waals surface area contributed by atoms with Crippen LogP contribution in [0.2, 0.25) is 0 Å². The molecule has 2 aromatic rings. The van der Waals surface area contributed by atoms with Crippen molar-refractivity contribution in [1.29, 1.82) is 0 Å². The van der Waals surface area contributed by atoms with E-state index in [4.69, 9.17) is 4.74 Å². The van der Waals surface area contributed by atoms with Gasteiger partial charge in [-0.05, 0) is 99.5 Å². The summed E-state index contributed by atoms with van der Waals surface area (Å²) in [6, 6.07) is 13.7. The lowest BCUT2D eigenvalue weighted by molar-refractivity contribution is 0.102. The van der Waals surface area contributed by atoms with Crippen molar-refractivity contribution in [3.63, 3.8) is 0 Å². The van der Waals surface area contributed by atoms with Crippen molar-refractivity contribution in [3.05, 3.63) is 53.6 Å². The molecule has 1 atom stereocenters. The quantitative estimate of drug-likeness (QED) is 0.546. The van der Waals surface area contributed by atoms with Crippen LogP contribution >= 0.6 is 0 Å². The van der Waals surface area contributed by atoms with Gasteiger partial charge in [-0.25, -0.2) is 0 Å². The number of aryl methyl sites for hydroxylation is 1. The van der Waals surface area contributed by atoms with E-state index in [1.807, 2.05) is 37.3 Å². The molecule has 1 aliphatic carbocycles. The molecule has 2 aromatic carbocycles. The number of nitrogens with zero attached hydrogens (tertiary/aromatic N) is 2. The summed E-state index contributed by atoms with van der Waals surface area (Å²) in [5, 5.41) is 3.06. The molecule has 2 aliphatic heterocycles. The van der Waals surface area contributed by atoms with E-state index >= 15 is 0 Å². The molecule has 1 saturated carbocycles. The summed E-state index contributed by atoms with van der Waals surface area (Å²) in [7, 11) is 0. The maximum Gasteiger partial charge on any atom is 0.255 e. The molecular formula is C28H36FN3O2. The van der Waals surface area contributed by atoms with Gasteiger partial charge in [0.1, 0.15) is 5.75 Å². The fourth-order valence-corrected chi connectivity index (χ4v) is 5.37. The summed E-state index contributed by atoms with van der Waals surface area (Å²) in [5.41, 5.74) is 4.09. The monoisotopic (exact) mass is 465 g/mol. The predicted octanol–water partition coefficient (Wildman–Crippen LogP) is 5.30. The lowest BCUT2D eigenvalue weighted by Crippen LogP contribution is -2.31. The number of carbonyl (C=O) groups is 1. The highest BCUT2D eigenvalue weighted by Crippen LogP contribution is 2.41. The maximum absolute atomic E-state index is 12.8. The Kier molecular flexibility index (Phi) is 6.77. The normalized spacial score (nSPS) is 22.5. The second-order valence-electron chi connectivity index (χ2n) is 10.5. The lowest BCUT2D eigenvalue weighted by atomic mass is 9.86. The Morgan fingerprint density at radius 3 is 2.65 bits per heavy atom. The van der Waals surface area contributed by atoms with E-state index in [-0.39, 0.29) is 12.6 Å². The molecule has 182 valence electrons. The molecule has 5 rings (SSSR count). The first-order valence-corrected chi connectivity index (χ1v) is 12.7. The molecule has 34 heavy (non-hydrogen) atoms. The molecule has 0 radical (unpaired) electrons. The molecule has 3 fully saturated rings. The molecular weight excluding hydrogens is 429 g/mol. The van der Waals surface area contributed by atoms with Gasteiger partial charge in [-0.3, -0.25) is 9.18 Å². The van der Waals surface area contributed by atoms with Crippen LogP contribution in [-0.2, 0) is 0 Å². The third kappa shape index (κ3) is 5.38. The Morgan fingerprint density at radius 1 is 1.12 bits per heavy atom. The molecule has 1 unspecified atom stereocenters. The van der Waals surface area contributed by atoms with Gasteiger partial charge in [0.25, 0.3) is 5.91 Å². The zero-order valence-electron chi connectivity index (χ0n) is 20.2. The van der Waals surface area contributed by atoms with Crippen molar-refractivity contribution in [2.45, 2.75) is 39.0 Å². The highest BCUT2D eigenvalue weighted by Gasteiger charge is 2.43. The van der Waals surface area contributed by atoms with Gasteiger partial charge in [-0.2, -0.15) is 0 Å². The van der Waals surface area contributed by atoms with Gasteiger partial charge >= 0.3 is 0 Å². The number of anilines is 2. The summed E-state index contributed by atoms with van der Waals surface area (Å²) in [5.74, 6) is 1.42. The van der Waals surface area contributed by atoms with Gasteiger partial charge in [0, 0.05) is 48.5 Å². The fraction of sp³-hybridized carbons (Fsp3) is 0.536. The van der Waals surface area contributed by atoms with Gasteiger partial charge in [0.05, 0.1) is 13.3 Å². The van der Waals surface area contributed by atoms with Gasteiger partial charge in [-0.15, -0.1) is 0 Å². The summed E-state index contributed by atoms with van der Waals surface area (Å²) in [4.78, 5) is 17.7. The van der Waals surface area contributed by atoms with Crippen LogP contribution in [0.25, 0.3) is 0 Å². The van der Waals surface area contributed by atoms with Crippen LogP contribution in [0.1, 0.15) is 48.0 Å². The van der Waals surface area contributed by atoms with Gasteiger partial charge < -0.3 is 19.9 Å². The number of amides is 1. The highest BCUT2D eigenvalue weighted by molar-refractivity contribution is 6.04. The summed E-state index contributed by atoms with van der Waals surface area (Å²) < 4.78 is 18.3. The smallest absolute Gasteiger partial charge is 0.255 e. The van der Waals surface area contributed by atoms with Crippen LogP contribution in [-0.4, -0.2) is 56.8 Å². The number of likely N-dealkylation sites (tertiary alicyclic amines) is 1. The van der Waals surface area contributed by atoms with Crippen molar-refractivity contribution in [1.82, 2.24) is 4.90 Å². The van der Waals surface area contributed by atoms with E-state index in [1.54, 1.807) is 0 Å². The second-order valence-corrected chi connectivity index (χ2v) is 10.5. The minimum Gasteiger partial charge on any atom is -0.493 e. The van der Waals surface area contributed by atoms with E-state index in [0.717, 1.165) is 56.3 Å². The average molecular weight is 466 g/mol. The van der Waals surface area contributed by atoms with E-state index in [2.05, 4.69) is 27.2 Å². The number of ether oxygens (including phenoxy) is 1. The minimum absolute atomic E-state index is 0.107. The van der Waals surface area contributed by atoms with Crippen LogP contribution in [0, 0.1) is 18.3 Å². The highest BCUT2D eigenvalue weighted by atomic mass is 19.1. The molecule has 6 heteroatoms. The first kappa shape index (κ1) is 23.2. The largest absolute Gasteiger partial charge is 0.493 e. The number of hydrogen-bond acceptors (Lipinski definition) is 4.